The highest BCUT2D eigenvalue weighted by Crippen LogP contribution is 2.36. The van der Waals surface area contributed by atoms with Crippen molar-refractivity contribution < 1.29 is 0 Å². The van der Waals surface area contributed by atoms with Gasteiger partial charge in [-0.2, -0.15) is 0 Å². The van der Waals surface area contributed by atoms with Crippen LogP contribution < -0.4 is 5.32 Å². The van der Waals surface area contributed by atoms with Gasteiger partial charge in [0.1, 0.15) is 0 Å². The molecule has 0 radical (unpaired) electrons. The van der Waals surface area contributed by atoms with Gasteiger partial charge >= 0.3 is 0 Å². The minimum absolute atomic E-state index is 1.01. The summed E-state index contributed by atoms with van der Waals surface area (Å²) >= 11 is 0. The zero-order valence-electron chi connectivity index (χ0n) is 12.2. The van der Waals surface area contributed by atoms with Crippen LogP contribution in [0.5, 0.6) is 0 Å². The molecule has 1 saturated carbocycles. The topological polar surface area (TPSA) is 12.0 Å². The van der Waals surface area contributed by atoms with E-state index in [0.29, 0.717) is 0 Å². The number of hydrogen-bond donors (Lipinski definition) is 1. The summed E-state index contributed by atoms with van der Waals surface area (Å²) in [5, 5.41) is 3.50. The molecule has 98 valence electrons. The number of nitrogens with one attached hydrogen (secondary N) is 1. The Labute approximate surface area is 103 Å². The van der Waals surface area contributed by atoms with Crippen molar-refractivity contribution in [2.24, 2.45) is 17.8 Å². The molecule has 0 aromatic carbocycles. The highest BCUT2D eigenvalue weighted by molar-refractivity contribution is 4.83. The molecule has 0 aromatic heterocycles. The van der Waals surface area contributed by atoms with Crippen LogP contribution in [0.3, 0.4) is 0 Å². The molecular weight excluding hydrogens is 194 g/mol. The summed E-state index contributed by atoms with van der Waals surface area (Å²) < 4.78 is 0. The van der Waals surface area contributed by atoms with E-state index in [1.165, 1.54) is 45.2 Å². The highest BCUT2D eigenvalue weighted by atomic mass is 14.9. The van der Waals surface area contributed by atoms with E-state index < -0.39 is 0 Å². The van der Waals surface area contributed by atoms with E-state index in [0.717, 1.165) is 17.8 Å². The Kier molecular flexibility index (Phi) is 10.1. The third-order valence-electron chi connectivity index (χ3n) is 3.50. The number of hydrogen-bond acceptors (Lipinski definition) is 1. The van der Waals surface area contributed by atoms with Crippen molar-refractivity contribution in [3.8, 4) is 0 Å². The van der Waals surface area contributed by atoms with Gasteiger partial charge < -0.3 is 5.32 Å². The zero-order valence-corrected chi connectivity index (χ0v) is 12.2. The SMILES string of the molecule is CC.CC1CCC2CNCCC2C1.CCC. The van der Waals surface area contributed by atoms with Gasteiger partial charge in [0.05, 0.1) is 0 Å². The summed E-state index contributed by atoms with van der Waals surface area (Å²) in [5.74, 6) is 3.11. The maximum absolute atomic E-state index is 3.50. The van der Waals surface area contributed by atoms with Gasteiger partial charge in [-0.25, -0.2) is 0 Å². The normalized spacial score (nSPS) is 32.4. The van der Waals surface area contributed by atoms with Crippen molar-refractivity contribution in [2.75, 3.05) is 13.1 Å². The lowest BCUT2D eigenvalue weighted by Crippen LogP contribution is -2.39. The molecule has 0 bridgehead atoms. The van der Waals surface area contributed by atoms with E-state index in [2.05, 4.69) is 26.1 Å². The van der Waals surface area contributed by atoms with Crippen molar-refractivity contribution in [1.29, 1.82) is 0 Å². The molecule has 2 rings (SSSR count). The fourth-order valence-corrected chi connectivity index (χ4v) is 2.76. The quantitative estimate of drug-likeness (QED) is 0.643. The molecule has 3 atom stereocenters. The summed E-state index contributed by atoms with van der Waals surface area (Å²) in [6, 6.07) is 0. The van der Waals surface area contributed by atoms with Crippen LogP contribution in [0.25, 0.3) is 0 Å². The largest absolute Gasteiger partial charge is 0.316 e. The van der Waals surface area contributed by atoms with Gasteiger partial charge in [-0.05, 0) is 50.1 Å². The molecule has 0 aromatic rings. The monoisotopic (exact) mass is 227 g/mol. The van der Waals surface area contributed by atoms with Crippen LogP contribution >= 0.6 is 0 Å². The molecule has 3 unspecified atom stereocenters. The first-order valence-electron chi connectivity index (χ1n) is 7.48. The van der Waals surface area contributed by atoms with Crippen LogP contribution in [0.2, 0.25) is 0 Å². The third-order valence-corrected chi connectivity index (χ3v) is 3.50. The van der Waals surface area contributed by atoms with Crippen LogP contribution in [0.15, 0.2) is 0 Å². The number of fused-ring (bicyclic) bond motifs is 1. The molecule has 1 heterocycles. The molecule has 1 aliphatic carbocycles. The van der Waals surface area contributed by atoms with Crippen LogP contribution in [0.1, 0.15) is 66.7 Å². The van der Waals surface area contributed by atoms with Gasteiger partial charge in [-0.3, -0.25) is 0 Å². The second-order valence-corrected chi connectivity index (χ2v) is 5.14. The molecule has 1 aliphatic heterocycles. The average molecular weight is 227 g/mol. The van der Waals surface area contributed by atoms with Crippen LogP contribution in [0.4, 0.5) is 0 Å². The maximum Gasteiger partial charge on any atom is -0.00179 e. The molecule has 16 heavy (non-hydrogen) atoms. The van der Waals surface area contributed by atoms with E-state index in [1.54, 1.807) is 0 Å². The lowest BCUT2D eigenvalue weighted by Gasteiger charge is -2.38. The Morgan fingerprint density at radius 1 is 1.00 bits per heavy atom. The molecule has 0 spiro atoms. The van der Waals surface area contributed by atoms with E-state index >= 15 is 0 Å². The predicted octanol–water partition coefficient (Wildman–Crippen LogP) is 4.47. The van der Waals surface area contributed by atoms with Gasteiger partial charge in [-0.1, -0.05) is 47.5 Å². The minimum atomic E-state index is 1.01. The highest BCUT2D eigenvalue weighted by Gasteiger charge is 2.29. The second-order valence-electron chi connectivity index (χ2n) is 5.14. The average Bonchev–Trinajstić information content (AvgIpc) is 2.32. The number of piperidine rings is 1. The molecule has 1 nitrogen and oxygen atoms in total. The standard InChI is InChI=1S/C10H19N.C3H8.C2H6/c1-8-2-3-10-7-11-5-4-9(10)6-8;1-3-2;1-2/h8-11H,2-7H2,1H3;3H2,1-2H3;1-2H3. The second kappa shape index (κ2) is 10.1. The van der Waals surface area contributed by atoms with Gasteiger partial charge in [-0.15, -0.1) is 0 Å². The molecule has 1 N–H and O–H groups in total. The third kappa shape index (κ3) is 5.89. The van der Waals surface area contributed by atoms with E-state index in [-0.39, 0.29) is 0 Å². The first-order valence-corrected chi connectivity index (χ1v) is 7.48. The Hall–Kier alpha value is -0.0400. The lowest BCUT2D eigenvalue weighted by atomic mass is 9.72. The Balaban J connectivity index is 0.000000394. The molecule has 1 heteroatoms. The van der Waals surface area contributed by atoms with E-state index in [9.17, 15) is 0 Å². The zero-order chi connectivity index (χ0) is 12.4. The van der Waals surface area contributed by atoms with Gasteiger partial charge in [0.25, 0.3) is 0 Å². The molecule has 0 amide bonds. The van der Waals surface area contributed by atoms with E-state index in [1.807, 2.05) is 13.8 Å². The Morgan fingerprint density at radius 2 is 1.62 bits per heavy atom. The maximum atomic E-state index is 3.50. The van der Waals surface area contributed by atoms with Gasteiger partial charge in [0.15, 0.2) is 0 Å². The van der Waals surface area contributed by atoms with Crippen LogP contribution in [-0.2, 0) is 0 Å². The van der Waals surface area contributed by atoms with Crippen molar-refractivity contribution in [3.05, 3.63) is 0 Å². The van der Waals surface area contributed by atoms with Crippen LogP contribution in [0, 0.1) is 17.8 Å². The van der Waals surface area contributed by atoms with Crippen molar-refractivity contribution in [1.82, 2.24) is 5.32 Å². The fraction of sp³-hybridized carbons (Fsp3) is 1.00. The fourth-order valence-electron chi connectivity index (χ4n) is 2.76. The summed E-state index contributed by atoms with van der Waals surface area (Å²) in [6.45, 7) is 13.2. The van der Waals surface area contributed by atoms with Crippen molar-refractivity contribution >= 4 is 0 Å². The molecule has 1 saturated heterocycles. The first-order chi connectivity index (χ1) is 7.77. The molecular formula is C15H33N. The van der Waals surface area contributed by atoms with Gasteiger partial charge in [0.2, 0.25) is 0 Å². The molecule has 2 aliphatic rings. The lowest BCUT2D eigenvalue weighted by molar-refractivity contribution is 0.149. The summed E-state index contributed by atoms with van der Waals surface area (Å²) in [6.07, 6.45) is 7.16. The van der Waals surface area contributed by atoms with Gasteiger partial charge in [0, 0.05) is 0 Å². The first kappa shape index (κ1) is 16.0. The summed E-state index contributed by atoms with van der Waals surface area (Å²) in [5.41, 5.74) is 0. The van der Waals surface area contributed by atoms with Crippen LogP contribution in [-0.4, -0.2) is 13.1 Å². The minimum Gasteiger partial charge on any atom is -0.316 e. The molecule has 2 fully saturated rings. The van der Waals surface area contributed by atoms with Crippen molar-refractivity contribution in [3.63, 3.8) is 0 Å². The smallest absolute Gasteiger partial charge is 0.00179 e. The van der Waals surface area contributed by atoms with E-state index in [4.69, 9.17) is 0 Å². The Morgan fingerprint density at radius 3 is 2.25 bits per heavy atom. The van der Waals surface area contributed by atoms with Crippen molar-refractivity contribution in [2.45, 2.75) is 66.7 Å². The number of rotatable bonds is 0. The predicted molar refractivity (Wildman–Crippen MR) is 74.8 cm³/mol. The summed E-state index contributed by atoms with van der Waals surface area (Å²) in [4.78, 5) is 0. The summed E-state index contributed by atoms with van der Waals surface area (Å²) in [7, 11) is 0. The Bertz CT molecular complexity index is 144.